The van der Waals surface area contributed by atoms with Crippen molar-refractivity contribution in [2.45, 2.75) is 32.4 Å². The second-order valence-corrected chi connectivity index (χ2v) is 5.92. The van der Waals surface area contributed by atoms with Crippen molar-refractivity contribution in [1.82, 2.24) is 5.32 Å². The van der Waals surface area contributed by atoms with Gasteiger partial charge >= 0.3 is 0 Å². The molecule has 2 atom stereocenters. The van der Waals surface area contributed by atoms with Crippen LogP contribution in [-0.2, 0) is 11.3 Å². The van der Waals surface area contributed by atoms with E-state index in [1.54, 1.807) is 0 Å². The molecule has 1 heterocycles. The maximum atomic E-state index is 11.5. The van der Waals surface area contributed by atoms with E-state index in [0.717, 1.165) is 25.1 Å². The first-order valence-electron chi connectivity index (χ1n) is 7.02. The first-order valence-corrected chi connectivity index (χ1v) is 7.39. The van der Waals surface area contributed by atoms with Crippen LogP contribution in [0.25, 0.3) is 0 Å². The fourth-order valence-electron chi connectivity index (χ4n) is 2.82. The molecule has 110 valence electrons. The van der Waals surface area contributed by atoms with Crippen LogP contribution in [0.4, 0.5) is 5.69 Å². The van der Waals surface area contributed by atoms with Gasteiger partial charge in [-0.25, -0.2) is 0 Å². The smallest absolute Gasteiger partial charge is 0.222 e. The number of nitrogens with two attached hydrogens (primary N) is 1. The first-order chi connectivity index (χ1) is 9.52. The number of primary amides is 1. The normalized spacial score (nSPS) is 22.9. The number of halogens is 1. The minimum atomic E-state index is -0.209. The molecule has 1 fully saturated rings. The molecule has 2 rings (SSSR count). The van der Waals surface area contributed by atoms with Gasteiger partial charge < -0.3 is 16.0 Å². The van der Waals surface area contributed by atoms with Crippen molar-refractivity contribution in [2.24, 2.45) is 11.7 Å². The van der Waals surface area contributed by atoms with Gasteiger partial charge in [-0.15, -0.1) is 0 Å². The molecule has 1 aliphatic heterocycles. The molecule has 1 aromatic rings. The topological polar surface area (TPSA) is 58.4 Å². The number of anilines is 1. The van der Waals surface area contributed by atoms with Gasteiger partial charge in [0.25, 0.3) is 0 Å². The minimum Gasteiger partial charge on any atom is -0.369 e. The minimum absolute atomic E-state index is 0.0763. The Hall–Kier alpha value is -1.26. The third-order valence-electron chi connectivity index (χ3n) is 4.01. The van der Waals surface area contributed by atoms with Crippen molar-refractivity contribution in [3.63, 3.8) is 0 Å². The van der Waals surface area contributed by atoms with Crippen LogP contribution in [0.2, 0.25) is 5.02 Å². The van der Waals surface area contributed by atoms with E-state index < -0.39 is 0 Å². The van der Waals surface area contributed by atoms with Crippen molar-refractivity contribution < 1.29 is 4.79 Å². The molecule has 4 nitrogen and oxygen atoms in total. The van der Waals surface area contributed by atoms with Gasteiger partial charge in [0, 0.05) is 29.8 Å². The number of hydrogen-bond acceptors (Lipinski definition) is 3. The van der Waals surface area contributed by atoms with Crippen LogP contribution in [-0.4, -0.2) is 25.5 Å². The summed E-state index contributed by atoms with van der Waals surface area (Å²) in [5, 5.41) is 3.89. The molecule has 20 heavy (non-hydrogen) atoms. The Morgan fingerprint density at radius 2 is 2.25 bits per heavy atom. The summed E-state index contributed by atoms with van der Waals surface area (Å²) in [6.07, 6.45) is 1.84. The third kappa shape index (κ3) is 3.25. The van der Waals surface area contributed by atoms with Crippen LogP contribution in [0.1, 0.15) is 25.3 Å². The molecule has 3 N–H and O–H groups in total. The molecule has 1 saturated heterocycles. The second-order valence-electron chi connectivity index (χ2n) is 5.48. The fourth-order valence-corrected chi connectivity index (χ4v) is 2.99. The zero-order valence-corrected chi connectivity index (χ0v) is 12.8. The van der Waals surface area contributed by atoms with Gasteiger partial charge in [-0.2, -0.15) is 0 Å². The summed E-state index contributed by atoms with van der Waals surface area (Å²) in [7, 11) is 1.92. The van der Waals surface area contributed by atoms with Crippen molar-refractivity contribution in [3.05, 3.63) is 28.8 Å². The SMILES string of the molecule is CNCc1ccc(Cl)cc1N1CC(C(N)=O)CCC1C. The molecule has 1 aromatic carbocycles. The summed E-state index contributed by atoms with van der Waals surface area (Å²) in [6.45, 7) is 3.63. The van der Waals surface area contributed by atoms with Gasteiger partial charge in [-0.3, -0.25) is 4.79 Å². The van der Waals surface area contributed by atoms with Crippen LogP contribution >= 0.6 is 11.6 Å². The zero-order valence-electron chi connectivity index (χ0n) is 12.0. The van der Waals surface area contributed by atoms with Crippen molar-refractivity contribution in [3.8, 4) is 0 Å². The fraction of sp³-hybridized carbons (Fsp3) is 0.533. The average Bonchev–Trinajstić information content (AvgIpc) is 2.41. The number of amides is 1. The van der Waals surface area contributed by atoms with Gasteiger partial charge in [-0.05, 0) is 44.5 Å². The molecule has 2 unspecified atom stereocenters. The molecular formula is C15H22ClN3O. The van der Waals surface area contributed by atoms with Gasteiger partial charge in [0.15, 0.2) is 0 Å². The van der Waals surface area contributed by atoms with Crippen molar-refractivity contribution >= 4 is 23.2 Å². The molecule has 1 aliphatic rings. The Bertz CT molecular complexity index is 492. The van der Waals surface area contributed by atoms with E-state index in [1.165, 1.54) is 5.56 Å². The quantitative estimate of drug-likeness (QED) is 0.895. The van der Waals surface area contributed by atoms with Crippen LogP contribution in [0.15, 0.2) is 18.2 Å². The number of carbonyl (C=O) groups excluding carboxylic acids is 1. The summed E-state index contributed by atoms with van der Waals surface area (Å²) in [6, 6.07) is 6.31. The number of rotatable bonds is 4. The average molecular weight is 296 g/mol. The summed E-state index contributed by atoms with van der Waals surface area (Å²) in [5.41, 5.74) is 7.77. The molecule has 0 saturated carbocycles. The van der Waals surface area contributed by atoms with Gasteiger partial charge in [0.2, 0.25) is 5.91 Å². The summed E-state index contributed by atoms with van der Waals surface area (Å²) in [5.74, 6) is -0.285. The van der Waals surface area contributed by atoms with E-state index in [4.69, 9.17) is 17.3 Å². The number of hydrogen-bond donors (Lipinski definition) is 2. The first kappa shape index (κ1) is 15.1. The predicted molar refractivity (Wildman–Crippen MR) is 82.9 cm³/mol. The van der Waals surface area contributed by atoms with Crippen LogP contribution in [0, 0.1) is 5.92 Å². The molecule has 0 aromatic heterocycles. The van der Waals surface area contributed by atoms with Crippen molar-refractivity contribution in [2.75, 3.05) is 18.5 Å². The number of piperidine rings is 1. The number of nitrogens with zero attached hydrogens (tertiary/aromatic N) is 1. The highest BCUT2D eigenvalue weighted by Crippen LogP contribution is 2.32. The zero-order chi connectivity index (χ0) is 14.7. The van der Waals surface area contributed by atoms with Crippen LogP contribution < -0.4 is 16.0 Å². The van der Waals surface area contributed by atoms with Crippen LogP contribution in [0.3, 0.4) is 0 Å². The largest absolute Gasteiger partial charge is 0.369 e. The lowest BCUT2D eigenvalue weighted by molar-refractivity contribution is -0.122. The lowest BCUT2D eigenvalue weighted by atomic mass is 9.92. The summed E-state index contributed by atoms with van der Waals surface area (Å²) >= 11 is 6.14. The molecule has 1 amide bonds. The maximum absolute atomic E-state index is 11.5. The van der Waals surface area contributed by atoms with Crippen LogP contribution in [0.5, 0.6) is 0 Å². The van der Waals surface area contributed by atoms with E-state index >= 15 is 0 Å². The molecule has 0 spiro atoms. The standard InChI is InChI=1S/C15H22ClN3O/c1-10-3-4-12(15(17)20)9-19(10)14-7-13(16)6-5-11(14)8-18-2/h5-7,10,12,18H,3-4,8-9H2,1-2H3,(H2,17,20). The molecule has 0 radical (unpaired) electrons. The van der Waals surface area contributed by atoms with E-state index in [1.807, 2.05) is 25.2 Å². The van der Waals surface area contributed by atoms with E-state index in [9.17, 15) is 4.79 Å². The Morgan fingerprint density at radius 1 is 1.50 bits per heavy atom. The highest BCUT2D eigenvalue weighted by atomic mass is 35.5. The molecular weight excluding hydrogens is 274 g/mol. The predicted octanol–water partition coefficient (Wildman–Crippen LogP) is 2.15. The Balaban J connectivity index is 2.32. The summed E-state index contributed by atoms with van der Waals surface area (Å²) in [4.78, 5) is 13.7. The monoisotopic (exact) mass is 295 g/mol. The number of benzene rings is 1. The molecule has 5 heteroatoms. The van der Waals surface area contributed by atoms with E-state index in [-0.39, 0.29) is 11.8 Å². The van der Waals surface area contributed by atoms with Gasteiger partial charge in [0.05, 0.1) is 5.92 Å². The van der Waals surface area contributed by atoms with Crippen molar-refractivity contribution in [1.29, 1.82) is 0 Å². The Kier molecular flexibility index (Phi) is 4.89. The van der Waals surface area contributed by atoms with Gasteiger partial charge in [0.1, 0.15) is 0 Å². The highest BCUT2D eigenvalue weighted by molar-refractivity contribution is 6.30. The number of nitrogens with one attached hydrogen (secondary N) is 1. The second kappa shape index (κ2) is 6.46. The van der Waals surface area contributed by atoms with E-state index in [2.05, 4.69) is 17.1 Å². The van der Waals surface area contributed by atoms with Gasteiger partial charge in [-0.1, -0.05) is 17.7 Å². The third-order valence-corrected chi connectivity index (χ3v) is 4.24. The number of carbonyl (C=O) groups is 1. The molecule has 0 bridgehead atoms. The lowest BCUT2D eigenvalue weighted by Gasteiger charge is -2.39. The maximum Gasteiger partial charge on any atom is 0.222 e. The highest BCUT2D eigenvalue weighted by Gasteiger charge is 2.29. The lowest BCUT2D eigenvalue weighted by Crippen LogP contribution is -2.46. The Labute approximate surface area is 125 Å². The summed E-state index contributed by atoms with van der Waals surface area (Å²) < 4.78 is 0. The van der Waals surface area contributed by atoms with E-state index in [0.29, 0.717) is 17.6 Å². The molecule has 0 aliphatic carbocycles. The Morgan fingerprint density at radius 3 is 2.90 bits per heavy atom.